The first-order chi connectivity index (χ1) is 8.02. The molecule has 0 heterocycles. The van der Waals surface area contributed by atoms with Crippen LogP contribution in [-0.4, -0.2) is 69.1 Å². The first-order valence-corrected chi connectivity index (χ1v) is 5.25. The Morgan fingerprint density at radius 1 is 1.29 bits per heavy atom. The van der Waals surface area contributed by atoms with E-state index in [0.29, 0.717) is 13.2 Å². The van der Waals surface area contributed by atoms with Gasteiger partial charge in [-0.05, 0) is 0 Å². The number of hydrogen-bond donors (Lipinski definition) is 2. The number of carboxylic acids is 1. The van der Waals surface area contributed by atoms with Crippen molar-refractivity contribution in [3.63, 3.8) is 0 Å². The largest absolute Gasteiger partial charge is 0.480 e. The van der Waals surface area contributed by atoms with Crippen LogP contribution in [0.1, 0.15) is 6.42 Å². The zero-order valence-corrected chi connectivity index (χ0v) is 10.4. The minimum atomic E-state index is -1.07. The van der Waals surface area contributed by atoms with Crippen molar-refractivity contribution in [2.75, 3.05) is 41.0 Å². The molecule has 1 atom stereocenters. The minimum Gasteiger partial charge on any atom is -0.480 e. The van der Waals surface area contributed by atoms with E-state index in [1.165, 1.54) is 19.1 Å². The summed E-state index contributed by atoms with van der Waals surface area (Å²) in [6.45, 7) is 1.08. The molecule has 2 N–H and O–H groups in total. The molecule has 2 amide bonds. The summed E-state index contributed by atoms with van der Waals surface area (Å²) in [6.07, 6.45) is 0.232. The zero-order chi connectivity index (χ0) is 13.3. The first-order valence-electron chi connectivity index (χ1n) is 5.25. The van der Waals surface area contributed by atoms with Gasteiger partial charge in [-0.25, -0.2) is 9.59 Å². The number of carbonyl (C=O) groups excluding carboxylic acids is 1. The Bertz CT molecular complexity index is 247. The highest BCUT2D eigenvalue weighted by Gasteiger charge is 2.21. The number of likely N-dealkylation sites (N-methyl/N-ethyl adjacent to an activating group) is 1. The van der Waals surface area contributed by atoms with Crippen LogP contribution in [0.5, 0.6) is 0 Å². The molecule has 0 saturated carbocycles. The summed E-state index contributed by atoms with van der Waals surface area (Å²) in [5, 5.41) is 11.3. The average molecular weight is 248 g/mol. The lowest BCUT2D eigenvalue weighted by atomic mass is 10.2. The molecule has 0 aromatic heterocycles. The number of hydrogen-bond acceptors (Lipinski definition) is 4. The van der Waals surface area contributed by atoms with Gasteiger partial charge in [0.25, 0.3) is 0 Å². The van der Waals surface area contributed by atoms with Crippen molar-refractivity contribution in [2.24, 2.45) is 0 Å². The predicted octanol–water partition coefficient (Wildman–Crippen LogP) is -0.236. The summed E-state index contributed by atoms with van der Waals surface area (Å²) >= 11 is 0. The molecule has 0 saturated heterocycles. The van der Waals surface area contributed by atoms with Gasteiger partial charge in [0.2, 0.25) is 0 Å². The summed E-state index contributed by atoms with van der Waals surface area (Å²) in [4.78, 5) is 23.8. The number of nitrogens with zero attached hydrogens (tertiary/aromatic N) is 1. The highest BCUT2D eigenvalue weighted by molar-refractivity contribution is 5.82. The quantitative estimate of drug-likeness (QED) is 0.619. The number of carbonyl (C=O) groups is 2. The third kappa shape index (κ3) is 6.75. The Hall–Kier alpha value is -1.34. The van der Waals surface area contributed by atoms with E-state index in [4.69, 9.17) is 14.6 Å². The maximum Gasteiger partial charge on any atom is 0.326 e. The van der Waals surface area contributed by atoms with Gasteiger partial charge in [0.15, 0.2) is 0 Å². The van der Waals surface area contributed by atoms with Gasteiger partial charge in [0.05, 0.1) is 6.61 Å². The highest BCUT2D eigenvalue weighted by Crippen LogP contribution is 1.95. The van der Waals surface area contributed by atoms with E-state index in [9.17, 15) is 9.59 Å². The van der Waals surface area contributed by atoms with Gasteiger partial charge in [0.1, 0.15) is 6.04 Å². The maximum atomic E-state index is 11.6. The number of aliphatic carboxylic acids is 1. The van der Waals surface area contributed by atoms with Crippen LogP contribution < -0.4 is 5.32 Å². The molecule has 0 aliphatic heterocycles. The monoisotopic (exact) mass is 248 g/mol. The molecular weight excluding hydrogens is 228 g/mol. The summed E-state index contributed by atoms with van der Waals surface area (Å²) in [5.41, 5.74) is 0. The van der Waals surface area contributed by atoms with Gasteiger partial charge < -0.3 is 24.8 Å². The summed E-state index contributed by atoms with van der Waals surface area (Å²) < 4.78 is 9.60. The van der Waals surface area contributed by atoms with Gasteiger partial charge in [-0.1, -0.05) is 0 Å². The fraction of sp³-hybridized carbons (Fsp3) is 0.800. The highest BCUT2D eigenvalue weighted by atomic mass is 16.5. The molecule has 0 rings (SSSR count). The normalized spacial score (nSPS) is 11.9. The molecule has 0 aliphatic carbocycles. The van der Waals surface area contributed by atoms with Crippen LogP contribution in [0.4, 0.5) is 4.79 Å². The van der Waals surface area contributed by atoms with Crippen LogP contribution in [0.2, 0.25) is 0 Å². The van der Waals surface area contributed by atoms with Crippen LogP contribution in [-0.2, 0) is 14.3 Å². The lowest BCUT2D eigenvalue weighted by Gasteiger charge is -2.20. The van der Waals surface area contributed by atoms with Crippen LogP contribution in [0.15, 0.2) is 0 Å². The van der Waals surface area contributed by atoms with Crippen molar-refractivity contribution in [1.82, 2.24) is 10.2 Å². The SMILES string of the molecule is COCCC(NC(=O)N(C)CCOC)C(=O)O. The van der Waals surface area contributed by atoms with E-state index in [1.807, 2.05) is 0 Å². The second kappa shape index (κ2) is 8.77. The smallest absolute Gasteiger partial charge is 0.326 e. The molecule has 0 fully saturated rings. The zero-order valence-electron chi connectivity index (χ0n) is 10.4. The Morgan fingerprint density at radius 3 is 2.35 bits per heavy atom. The number of nitrogens with one attached hydrogen (secondary N) is 1. The van der Waals surface area contributed by atoms with E-state index in [-0.39, 0.29) is 13.0 Å². The number of carboxylic acid groups (broad SMARTS) is 1. The number of rotatable bonds is 8. The van der Waals surface area contributed by atoms with Crippen LogP contribution in [0.3, 0.4) is 0 Å². The van der Waals surface area contributed by atoms with Gasteiger partial charge in [-0.3, -0.25) is 0 Å². The van der Waals surface area contributed by atoms with Crippen molar-refractivity contribution in [3.05, 3.63) is 0 Å². The van der Waals surface area contributed by atoms with Gasteiger partial charge in [-0.15, -0.1) is 0 Å². The standard InChI is InChI=1S/C10H20N2O5/c1-12(5-7-17-3)10(15)11-8(9(13)14)4-6-16-2/h8H,4-7H2,1-3H3,(H,11,15)(H,13,14). The second-order valence-electron chi connectivity index (χ2n) is 3.54. The molecule has 7 nitrogen and oxygen atoms in total. The van der Waals surface area contributed by atoms with Crippen LogP contribution in [0, 0.1) is 0 Å². The van der Waals surface area contributed by atoms with Crippen molar-refractivity contribution in [2.45, 2.75) is 12.5 Å². The van der Waals surface area contributed by atoms with E-state index in [0.717, 1.165) is 0 Å². The number of methoxy groups -OCH3 is 2. The fourth-order valence-corrected chi connectivity index (χ4v) is 1.08. The van der Waals surface area contributed by atoms with Gasteiger partial charge >= 0.3 is 12.0 Å². The Kier molecular flexibility index (Phi) is 8.08. The van der Waals surface area contributed by atoms with Crippen molar-refractivity contribution in [1.29, 1.82) is 0 Å². The lowest BCUT2D eigenvalue weighted by molar-refractivity contribution is -0.139. The van der Waals surface area contributed by atoms with Crippen molar-refractivity contribution in [3.8, 4) is 0 Å². The average Bonchev–Trinajstić information content (AvgIpc) is 2.30. The fourth-order valence-electron chi connectivity index (χ4n) is 1.08. The Morgan fingerprint density at radius 2 is 1.88 bits per heavy atom. The third-order valence-electron chi connectivity index (χ3n) is 2.18. The van der Waals surface area contributed by atoms with E-state index in [2.05, 4.69) is 5.32 Å². The number of amides is 2. The molecule has 0 radical (unpaired) electrons. The summed E-state index contributed by atoms with van der Waals surface area (Å²) in [5.74, 6) is -1.07. The summed E-state index contributed by atoms with van der Waals surface area (Å²) in [6, 6.07) is -1.38. The van der Waals surface area contributed by atoms with E-state index >= 15 is 0 Å². The lowest BCUT2D eigenvalue weighted by Crippen LogP contribution is -2.47. The van der Waals surface area contributed by atoms with Crippen molar-refractivity contribution >= 4 is 12.0 Å². The van der Waals surface area contributed by atoms with Gasteiger partial charge in [-0.2, -0.15) is 0 Å². The number of ether oxygens (including phenoxy) is 2. The molecule has 1 unspecified atom stereocenters. The molecule has 0 aromatic carbocycles. The molecule has 0 bridgehead atoms. The predicted molar refractivity (Wildman–Crippen MR) is 61.0 cm³/mol. The molecule has 0 aliphatic rings. The first kappa shape index (κ1) is 15.7. The third-order valence-corrected chi connectivity index (χ3v) is 2.18. The van der Waals surface area contributed by atoms with E-state index in [1.54, 1.807) is 7.05 Å². The van der Waals surface area contributed by atoms with Crippen molar-refractivity contribution < 1.29 is 24.2 Å². The topological polar surface area (TPSA) is 88.1 Å². The second-order valence-corrected chi connectivity index (χ2v) is 3.54. The van der Waals surface area contributed by atoms with Crippen LogP contribution >= 0.6 is 0 Å². The Labute approximate surface area is 101 Å². The van der Waals surface area contributed by atoms with Crippen LogP contribution in [0.25, 0.3) is 0 Å². The molecule has 0 aromatic rings. The molecule has 7 heteroatoms. The molecule has 100 valence electrons. The Balaban J connectivity index is 4.15. The number of urea groups is 1. The molecule has 17 heavy (non-hydrogen) atoms. The van der Waals surface area contributed by atoms with E-state index < -0.39 is 18.0 Å². The minimum absolute atomic E-state index is 0.232. The maximum absolute atomic E-state index is 11.6. The molecular formula is C10H20N2O5. The van der Waals surface area contributed by atoms with Gasteiger partial charge in [0, 0.05) is 40.8 Å². The molecule has 0 spiro atoms. The summed E-state index contributed by atoms with van der Waals surface area (Å²) in [7, 11) is 4.58.